The Balaban J connectivity index is 1.92. The molecule has 2 aliphatic rings. The van der Waals surface area contributed by atoms with Crippen LogP contribution in [0.25, 0.3) is 0 Å². The standard InChI is InChI=1S/C7H10ClNO2/c8-7(10)11-6-4-9-2-1-5(6)3-9/h5-6H,1-4H2/t5?,6-/m0/s1. The maximum atomic E-state index is 10.4. The average Bonchev–Trinajstić information content (AvgIpc) is 2.45. The van der Waals surface area contributed by atoms with Crippen molar-refractivity contribution in [3.05, 3.63) is 0 Å². The Morgan fingerprint density at radius 3 is 2.82 bits per heavy atom. The molecule has 0 aromatic rings. The number of fused-ring (bicyclic) bond motifs is 2. The molecule has 3 nitrogen and oxygen atoms in total. The maximum Gasteiger partial charge on any atom is 0.404 e. The van der Waals surface area contributed by atoms with E-state index in [1.807, 2.05) is 0 Å². The first kappa shape index (κ1) is 7.37. The van der Waals surface area contributed by atoms with Gasteiger partial charge >= 0.3 is 5.43 Å². The molecule has 2 aliphatic heterocycles. The summed E-state index contributed by atoms with van der Waals surface area (Å²) in [6.07, 6.45) is 1.21. The van der Waals surface area contributed by atoms with Crippen molar-refractivity contribution in [2.45, 2.75) is 12.5 Å². The van der Waals surface area contributed by atoms with Crippen LogP contribution in [0.5, 0.6) is 0 Å². The van der Waals surface area contributed by atoms with Crippen LogP contribution in [-0.4, -0.2) is 36.1 Å². The smallest absolute Gasteiger partial charge is 0.404 e. The molecule has 0 aromatic carbocycles. The zero-order chi connectivity index (χ0) is 7.84. The predicted molar refractivity (Wildman–Crippen MR) is 40.7 cm³/mol. The SMILES string of the molecule is O=C(Cl)O[C@H]1CN2CCC1C2. The molecular weight excluding hydrogens is 166 g/mol. The molecule has 0 saturated carbocycles. The predicted octanol–water partition coefficient (Wildman–Crippen LogP) is 1.07. The summed E-state index contributed by atoms with van der Waals surface area (Å²) >= 11 is 5.12. The minimum atomic E-state index is -0.663. The van der Waals surface area contributed by atoms with Gasteiger partial charge in [0.25, 0.3) is 0 Å². The first-order chi connectivity index (χ1) is 5.25. The van der Waals surface area contributed by atoms with E-state index in [4.69, 9.17) is 16.3 Å². The first-order valence-electron chi connectivity index (χ1n) is 3.84. The van der Waals surface area contributed by atoms with Crippen LogP contribution < -0.4 is 0 Å². The van der Waals surface area contributed by atoms with Crippen molar-refractivity contribution in [3.8, 4) is 0 Å². The van der Waals surface area contributed by atoms with Gasteiger partial charge in [0.1, 0.15) is 6.10 Å². The van der Waals surface area contributed by atoms with E-state index >= 15 is 0 Å². The van der Waals surface area contributed by atoms with Gasteiger partial charge < -0.3 is 4.74 Å². The van der Waals surface area contributed by atoms with Gasteiger partial charge in [-0.3, -0.25) is 4.90 Å². The number of hydrogen-bond acceptors (Lipinski definition) is 3. The third-order valence-electron chi connectivity index (χ3n) is 2.52. The molecule has 2 rings (SSSR count). The van der Waals surface area contributed by atoms with Crippen LogP contribution in [0.1, 0.15) is 6.42 Å². The fourth-order valence-electron chi connectivity index (χ4n) is 1.99. The Hall–Kier alpha value is -0.280. The van der Waals surface area contributed by atoms with Crippen LogP contribution in [0.3, 0.4) is 0 Å². The van der Waals surface area contributed by atoms with E-state index in [2.05, 4.69) is 4.90 Å². The molecule has 2 fully saturated rings. The second-order valence-electron chi connectivity index (χ2n) is 3.20. The third kappa shape index (κ3) is 1.35. The van der Waals surface area contributed by atoms with Crippen LogP contribution in [-0.2, 0) is 4.74 Å². The van der Waals surface area contributed by atoms with Crippen LogP contribution in [0.4, 0.5) is 4.79 Å². The lowest BCUT2D eigenvalue weighted by molar-refractivity contribution is 0.0877. The van der Waals surface area contributed by atoms with Crippen molar-refractivity contribution >= 4 is 17.0 Å². The summed E-state index contributed by atoms with van der Waals surface area (Å²) in [4.78, 5) is 12.7. The number of rotatable bonds is 1. The Labute approximate surface area is 70.3 Å². The molecule has 2 saturated heterocycles. The lowest BCUT2D eigenvalue weighted by Gasteiger charge is -2.20. The van der Waals surface area contributed by atoms with E-state index in [0.717, 1.165) is 26.1 Å². The molecule has 2 heterocycles. The molecule has 2 unspecified atom stereocenters. The molecule has 0 N–H and O–H groups in total. The highest BCUT2D eigenvalue weighted by molar-refractivity contribution is 6.61. The lowest BCUT2D eigenvalue weighted by atomic mass is 10.0. The average molecular weight is 176 g/mol. The molecule has 11 heavy (non-hydrogen) atoms. The number of carbonyl (C=O) groups excluding carboxylic acids is 1. The van der Waals surface area contributed by atoms with Crippen molar-refractivity contribution in [2.75, 3.05) is 19.6 Å². The normalized spacial score (nSPS) is 41.0. The molecule has 0 aliphatic carbocycles. The minimum absolute atomic E-state index is 0.0637. The molecule has 0 amide bonds. The fourth-order valence-corrected chi connectivity index (χ4v) is 2.10. The molecule has 0 radical (unpaired) electrons. The summed E-state index contributed by atoms with van der Waals surface area (Å²) in [6, 6.07) is 0. The minimum Gasteiger partial charge on any atom is -0.449 e. The Morgan fingerprint density at radius 2 is 2.36 bits per heavy atom. The topological polar surface area (TPSA) is 29.5 Å². The molecule has 2 bridgehead atoms. The van der Waals surface area contributed by atoms with Crippen LogP contribution in [0.2, 0.25) is 0 Å². The number of nitrogens with zero attached hydrogens (tertiary/aromatic N) is 1. The van der Waals surface area contributed by atoms with Crippen LogP contribution >= 0.6 is 11.6 Å². The van der Waals surface area contributed by atoms with Gasteiger partial charge in [-0.05, 0) is 13.0 Å². The fraction of sp³-hybridized carbons (Fsp3) is 0.857. The quantitative estimate of drug-likeness (QED) is 0.559. The first-order valence-corrected chi connectivity index (χ1v) is 4.22. The van der Waals surface area contributed by atoms with E-state index in [9.17, 15) is 4.79 Å². The molecule has 3 atom stereocenters. The number of hydrogen-bond donors (Lipinski definition) is 0. The number of halogens is 1. The van der Waals surface area contributed by atoms with E-state index in [0.29, 0.717) is 5.92 Å². The van der Waals surface area contributed by atoms with Gasteiger partial charge in [-0.25, -0.2) is 4.79 Å². The molecule has 4 heteroatoms. The summed E-state index contributed by atoms with van der Waals surface area (Å²) in [6.45, 7) is 3.11. The summed E-state index contributed by atoms with van der Waals surface area (Å²) in [5.74, 6) is 0.540. The summed E-state index contributed by atoms with van der Waals surface area (Å²) < 4.78 is 4.93. The van der Waals surface area contributed by atoms with Crippen LogP contribution in [0, 0.1) is 5.92 Å². The van der Waals surface area contributed by atoms with Gasteiger partial charge in [0, 0.05) is 30.6 Å². The highest BCUT2D eigenvalue weighted by atomic mass is 35.5. The van der Waals surface area contributed by atoms with E-state index in [-0.39, 0.29) is 6.10 Å². The van der Waals surface area contributed by atoms with Gasteiger partial charge in [0.15, 0.2) is 0 Å². The zero-order valence-corrected chi connectivity index (χ0v) is 6.88. The van der Waals surface area contributed by atoms with Crippen molar-refractivity contribution in [3.63, 3.8) is 0 Å². The maximum absolute atomic E-state index is 10.4. The largest absolute Gasteiger partial charge is 0.449 e. The number of ether oxygens (including phenoxy) is 1. The molecule has 62 valence electrons. The highest BCUT2D eigenvalue weighted by Crippen LogP contribution is 2.30. The molecule has 0 aromatic heterocycles. The molecule has 0 spiro atoms. The Bertz CT molecular complexity index is 185. The van der Waals surface area contributed by atoms with E-state index in [1.165, 1.54) is 0 Å². The summed E-state index contributed by atoms with van der Waals surface area (Å²) in [5.41, 5.74) is -0.663. The lowest BCUT2D eigenvalue weighted by Crippen LogP contribution is -2.30. The Kier molecular flexibility index (Phi) is 1.77. The number of carbonyl (C=O) groups is 1. The summed E-state index contributed by atoms with van der Waals surface area (Å²) in [5, 5.41) is 0. The van der Waals surface area contributed by atoms with E-state index in [1.54, 1.807) is 0 Å². The van der Waals surface area contributed by atoms with Gasteiger partial charge in [0.2, 0.25) is 0 Å². The second kappa shape index (κ2) is 2.64. The van der Waals surface area contributed by atoms with Gasteiger partial charge in [0.05, 0.1) is 0 Å². The highest BCUT2D eigenvalue weighted by Gasteiger charge is 2.39. The Morgan fingerprint density at radius 1 is 1.55 bits per heavy atom. The van der Waals surface area contributed by atoms with Crippen molar-refractivity contribution < 1.29 is 9.53 Å². The van der Waals surface area contributed by atoms with Crippen molar-refractivity contribution in [1.29, 1.82) is 0 Å². The summed E-state index contributed by atoms with van der Waals surface area (Å²) in [7, 11) is 0. The molecular formula is C7H10ClNO2. The van der Waals surface area contributed by atoms with Crippen molar-refractivity contribution in [2.24, 2.45) is 5.92 Å². The van der Waals surface area contributed by atoms with Crippen molar-refractivity contribution in [1.82, 2.24) is 4.90 Å². The second-order valence-corrected chi connectivity index (χ2v) is 3.51. The van der Waals surface area contributed by atoms with Crippen LogP contribution in [0.15, 0.2) is 0 Å². The van der Waals surface area contributed by atoms with Gasteiger partial charge in [-0.2, -0.15) is 0 Å². The zero-order valence-electron chi connectivity index (χ0n) is 6.12. The number of piperidine rings is 1. The third-order valence-corrected chi connectivity index (χ3v) is 2.61. The van der Waals surface area contributed by atoms with Gasteiger partial charge in [-0.1, -0.05) is 0 Å². The van der Waals surface area contributed by atoms with Gasteiger partial charge in [-0.15, -0.1) is 0 Å². The monoisotopic (exact) mass is 175 g/mol. The van der Waals surface area contributed by atoms with E-state index < -0.39 is 5.43 Å².